The first kappa shape index (κ1) is 23.2. The lowest BCUT2D eigenvalue weighted by Gasteiger charge is -2.22. The molecule has 7 heteroatoms. The van der Waals surface area contributed by atoms with Crippen LogP contribution in [0.15, 0.2) is 102 Å². The number of rotatable bonds is 7. The lowest BCUT2D eigenvalue weighted by Crippen LogP contribution is -2.38. The Hall–Kier alpha value is -3.97. The van der Waals surface area contributed by atoms with Gasteiger partial charge in [-0.05, 0) is 55.3 Å². The van der Waals surface area contributed by atoms with Gasteiger partial charge in [0, 0.05) is 5.56 Å². The number of carbonyl (C=O) groups is 1. The lowest BCUT2D eigenvalue weighted by atomic mass is 10.1. The predicted molar refractivity (Wildman–Crippen MR) is 133 cm³/mol. The SMILES string of the molecule is C=CCN(C(=O)c1cc(-c2ccccc2)nn1-c1ccccc1)S(=O)(=O)c1ccc(C)c(C)c1. The topological polar surface area (TPSA) is 72.3 Å². The predicted octanol–water partition coefficient (Wildman–Crippen LogP) is 5.17. The van der Waals surface area contributed by atoms with Gasteiger partial charge in [-0.2, -0.15) is 5.10 Å². The zero-order chi connectivity index (χ0) is 24.3. The molecule has 0 aliphatic carbocycles. The molecule has 0 aliphatic rings. The highest BCUT2D eigenvalue weighted by Crippen LogP contribution is 2.26. The minimum Gasteiger partial charge on any atom is -0.266 e. The second-order valence-electron chi connectivity index (χ2n) is 7.90. The minimum atomic E-state index is -4.13. The number of sulfonamides is 1. The third-order valence-electron chi connectivity index (χ3n) is 5.59. The van der Waals surface area contributed by atoms with Crippen molar-refractivity contribution < 1.29 is 13.2 Å². The lowest BCUT2D eigenvalue weighted by molar-refractivity contribution is 0.0863. The fourth-order valence-corrected chi connectivity index (χ4v) is 5.02. The summed E-state index contributed by atoms with van der Waals surface area (Å²) in [5.74, 6) is -0.684. The van der Waals surface area contributed by atoms with Crippen LogP contribution >= 0.6 is 0 Å². The van der Waals surface area contributed by atoms with Crippen molar-refractivity contribution >= 4 is 15.9 Å². The number of carbonyl (C=O) groups excluding carboxylic acids is 1. The van der Waals surface area contributed by atoms with Crippen molar-refractivity contribution in [1.29, 1.82) is 0 Å². The Labute approximate surface area is 199 Å². The first-order valence-corrected chi connectivity index (χ1v) is 12.2. The van der Waals surface area contributed by atoms with Crippen LogP contribution in [0, 0.1) is 13.8 Å². The highest BCUT2D eigenvalue weighted by atomic mass is 32.2. The van der Waals surface area contributed by atoms with Crippen LogP contribution in [-0.4, -0.2) is 35.0 Å². The van der Waals surface area contributed by atoms with Gasteiger partial charge in [-0.1, -0.05) is 60.7 Å². The molecule has 0 N–H and O–H groups in total. The van der Waals surface area contributed by atoms with E-state index in [1.165, 1.54) is 16.8 Å². The number of hydrogen-bond donors (Lipinski definition) is 0. The Balaban J connectivity index is 1.85. The molecule has 0 atom stereocenters. The van der Waals surface area contributed by atoms with Crippen molar-refractivity contribution in [3.05, 3.63) is 114 Å². The molecule has 0 radical (unpaired) electrons. The molecule has 34 heavy (non-hydrogen) atoms. The molecule has 3 aromatic carbocycles. The molecule has 4 rings (SSSR count). The monoisotopic (exact) mass is 471 g/mol. The summed E-state index contributed by atoms with van der Waals surface area (Å²) in [6.45, 7) is 7.24. The normalized spacial score (nSPS) is 11.2. The zero-order valence-electron chi connectivity index (χ0n) is 19.0. The van der Waals surface area contributed by atoms with Gasteiger partial charge >= 0.3 is 0 Å². The number of amides is 1. The summed E-state index contributed by atoms with van der Waals surface area (Å²) in [5, 5.41) is 4.64. The molecule has 0 spiro atoms. The molecule has 0 bridgehead atoms. The third-order valence-corrected chi connectivity index (χ3v) is 7.33. The van der Waals surface area contributed by atoms with Gasteiger partial charge in [0.25, 0.3) is 15.9 Å². The summed E-state index contributed by atoms with van der Waals surface area (Å²) >= 11 is 0. The summed E-state index contributed by atoms with van der Waals surface area (Å²) in [6, 6.07) is 25.0. The van der Waals surface area contributed by atoms with E-state index < -0.39 is 15.9 Å². The molecule has 0 saturated heterocycles. The van der Waals surface area contributed by atoms with Crippen LogP contribution in [0.5, 0.6) is 0 Å². The van der Waals surface area contributed by atoms with Gasteiger partial charge in [-0.15, -0.1) is 6.58 Å². The number of para-hydroxylation sites is 1. The molecule has 6 nitrogen and oxygen atoms in total. The Kier molecular flexibility index (Phi) is 6.47. The van der Waals surface area contributed by atoms with Gasteiger partial charge < -0.3 is 0 Å². The number of benzene rings is 3. The molecule has 172 valence electrons. The van der Waals surface area contributed by atoms with E-state index in [1.807, 2.05) is 74.5 Å². The average molecular weight is 472 g/mol. The fourth-order valence-electron chi connectivity index (χ4n) is 3.59. The van der Waals surface area contributed by atoms with Crippen molar-refractivity contribution in [3.8, 4) is 16.9 Å². The molecule has 1 heterocycles. The highest BCUT2D eigenvalue weighted by molar-refractivity contribution is 7.89. The number of hydrogen-bond acceptors (Lipinski definition) is 4. The largest absolute Gasteiger partial charge is 0.286 e. The Morgan fingerprint density at radius 3 is 2.21 bits per heavy atom. The van der Waals surface area contributed by atoms with Gasteiger partial charge in [-0.3, -0.25) is 4.79 Å². The van der Waals surface area contributed by atoms with E-state index in [0.29, 0.717) is 11.4 Å². The highest BCUT2D eigenvalue weighted by Gasteiger charge is 2.32. The fraction of sp³-hybridized carbons (Fsp3) is 0.111. The van der Waals surface area contributed by atoms with Crippen molar-refractivity contribution in [2.45, 2.75) is 18.7 Å². The summed E-state index contributed by atoms with van der Waals surface area (Å²) in [6.07, 6.45) is 1.40. The molecular formula is C27H25N3O3S. The Morgan fingerprint density at radius 2 is 1.59 bits per heavy atom. The average Bonchev–Trinajstić information content (AvgIpc) is 3.30. The van der Waals surface area contributed by atoms with Crippen LogP contribution in [-0.2, 0) is 10.0 Å². The van der Waals surface area contributed by atoms with Gasteiger partial charge in [-0.25, -0.2) is 17.4 Å². The van der Waals surface area contributed by atoms with Crippen LogP contribution in [0.2, 0.25) is 0 Å². The smallest absolute Gasteiger partial charge is 0.266 e. The van der Waals surface area contributed by atoms with E-state index in [0.717, 1.165) is 21.0 Å². The molecule has 1 aromatic heterocycles. The summed E-state index contributed by atoms with van der Waals surface area (Å²) in [7, 11) is -4.13. The number of aromatic nitrogens is 2. The van der Waals surface area contributed by atoms with Gasteiger partial charge in [0.05, 0.1) is 22.8 Å². The summed E-state index contributed by atoms with van der Waals surface area (Å²) < 4.78 is 29.4. The third kappa shape index (κ3) is 4.43. The minimum absolute atomic E-state index is 0.0554. The van der Waals surface area contributed by atoms with Gasteiger partial charge in [0.2, 0.25) is 0 Å². The zero-order valence-corrected chi connectivity index (χ0v) is 19.9. The maximum absolute atomic E-state index is 13.8. The maximum atomic E-state index is 13.8. The molecule has 4 aromatic rings. The van der Waals surface area contributed by atoms with Crippen molar-refractivity contribution in [1.82, 2.24) is 14.1 Å². The van der Waals surface area contributed by atoms with Crippen molar-refractivity contribution in [3.63, 3.8) is 0 Å². The summed E-state index contributed by atoms with van der Waals surface area (Å²) in [5.41, 5.74) is 3.96. The van der Waals surface area contributed by atoms with Gasteiger partial charge in [0.1, 0.15) is 5.69 Å². The quantitative estimate of drug-likeness (QED) is 0.349. The van der Waals surface area contributed by atoms with Crippen LogP contribution in [0.3, 0.4) is 0 Å². The number of aryl methyl sites for hydroxylation is 2. The summed E-state index contributed by atoms with van der Waals surface area (Å²) in [4.78, 5) is 13.8. The van der Waals surface area contributed by atoms with E-state index in [4.69, 9.17) is 0 Å². The van der Waals surface area contributed by atoms with Gasteiger partial charge in [0.15, 0.2) is 0 Å². The second kappa shape index (κ2) is 9.49. The van der Waals surface area contributed by atoms with Crippen molar-refractivity contribution in [2.24, 2.45) is 0 Å². The standard InChI is InChI=1S/C27H25N3O3S/c1-4-17-29(34(32,33)24-16-15-20(2)21(3)18-24)27(31)26-19-25(22-11-7-5-8-12-22)28-30(26)23-13-9-6-10-14-23/h4-16,18-19H,1,17H2,2-3H3. The maximum Gasteiger partial charge on any atom is 0.286 e. The molecule has 0 aliphatic heterocycles. The first-order chi connectivity index (χ1) is 16.3. The van der Waals surface area contributed by atoms with Crippen molar-refractivity contribution in [2.75, 3.05) is 6.54 Å². The molecule has 0 saturated carbocycles. The molecule has 0 unspecified atom stereocenters. The number of nitrogens with zero attached hydrogens (tertiary/aromatic N) is 3. The van der Waals surface area contributed by atoms with E-state index in [-0.39, 0.29) is 17.1 Å². The van der Waals surface area contributed by atoms with E-state index >= 15 is 0 Å². The van der Waals surface area contributed by atoms with Crippen LogP contribution in [0.4, 0.5) is 0 Å². The van der Waals surface area contributed by atoms with E-state index in [1.54, 1.807) is 18.2 Å². The molecule has 1 amide bonds. The Bertz CT molecular complexity index is 1440. The van der Waals surface area contributed by atoms with Crippen LogP contribution in [0.1, 0.15) is 21.6 Å². The first-order valence-electron chi connectivity index (χ1n) is 10.8. The Morgan fingerprint density at radius 1 is 0.941 bits per heavy atom. The van der Waals surface area contributed by atoms with Crippen LogP contribution < -0.4 is 0 Å². The van der Waals surface area contributed by atoms with E-state index in [9.17, 15) is 13.2 Å². The molecule has 0 fully saturated rings. The second-order valence-corrected chi connectivity index (χ2v) is 9.77. The van der Waals surface area contributed by atoms with Crippen LogP contribution in [0.25, 0.3) is 16.9 Å². The molecular weight excluding hydrogens is 446 g/mol. The van der Waals surface area contributed by atoms with E-state index in [2.05, 4.69) is 11.7 Å².